The fourth-order valence-electron chi connectivity index (χ4n) is 8.32. The lowest BCUT2D eigenvalue weighted by molar-refractivity contribution is 0.467. The second-order valence-corrected chi connectivity index (χ2v) is 12.1. The number of anilines is 4. The average molecular weight is 589 g/mol. The number of nitrogens with zero attached hydrogens (tertiary/aromatic N) is 2. The number of hydrogen-bond donors (Lipinski definition) is 0. The summed E-state index contributed by atoms with van der Waals surface area (Å²) in [6.07, 6.45) is 0. The summed E-state index contributed by atoms with van der Waals surface area (Å²) in [6.45, 7) is 0. The summed E-state index contributed by atoms with van der Waals surface area (Å²) in [5.41, 5.74) is 11.0. The zero-order valence-corrected chi connectivity index (χ0v) is 25.4. The standard InChI is InChI=1S/C44H32N2/c1-5-19-33(20-6-1)45(34-21-7-2-8-22-34)43-37-27-13-16-30-40(37)44(41-31-17-14-28-38(41)43,42-32-18-15-29-39(42)43)46(35-23-9-3-10-24-35)36-25-11-4-12-26-36/h1-32H. The van der Waals surface area contributed by atoms with E-state index in [9.17, 15) is 0 Å². The fraction of sp³-hybridized carbons (Fsp3) is 0.0455. The van der Waals surface area contributed by atoms with Gasteiger partial charge in [-0.3, -0.25) is 0 Å². The molecule has 0 heterocycles. The van der Waals surface area contributed by atoms with Gasteiger partial charge in [-0.05, 0) is 81.9 Å². The highest BCUT2D eigenvalue weighted by Gasteiger charge is 2.63. The third-order valence-corrected chi connectivity index (χ3v) is 9.85. The minimum absolute atomic E-state index is 0.632. The molecule has 218 valence electrons. The van der Waals surface area contributed by atoms with Gasteiger partial charge in [0.1, 0.15) is 11.1 Å². The van der Waals surface area contributed by atoms with Crippen molar-refractivity contribution in [1.29, 1.82) is 0 Å². The average Bonchev–Trinajstić information content (AvgIpc) is 3.14. The van der Waals surface area contributed by atoms with Gasteiger partial charge in [-0.2, -0.15) is 0 Å². The van der Waals surface area contributed by atoms with Crippen molar-refractivity contribution < 1.29 is 0 Å². The predicted molar refractivity (Wildman–Crippen MR) is 189 cm³/mol. The number of hydrogen-bond acceptors (Lipinski definition) is 2. The van der Waals surface area contributed by atoms with E-state index >= 15 is 0 Å². The van der Waals surface area contributed by atoms with E-state index in [2.05, 4.69) is 204 Å². The zero-order valence-electron chi connectivity index (χ0n) is 25.4. The quantitative estimate of drug-likeness (QED) is 0.191. The molecule has 10 rings (SSSR count). The summed E-state index contributed by atoms with van der Waals surface area (Å²) in [4.78, 5) is 5.14. The van der Waals surface area contributed by atoms with Crippen molar-refractivity contribution in [1.82, 2.24) is 0 Å². The van der Waals surface area contributed by atoms with E-state index in [4.69, 9.17) is 0 Å². The van der Waals surface area contributed by atoms with Crippen molar-refractivity contribution in [2.45, 2.75) is 11.1 Å². The van der Waals surface area contributed by atoms with Gasteiger partial charge in [0.05, 0.1) is 0 Å². The Hall–Kier alpha value is -5.86. The van der Waals surface area contributed by atoms with Gasteiger partial charge < -0.3 is 9.80 Å². The van der Waals surface area contributed by atoms with Crippen LogP contribution in [0.3, 0.4) is 0 Å². The van der Waals surface area contributed by atoms with Gasteiger partial charge in [-0.15, -0.1) is 0 Å². The monoisotopic (exact) mass is 588 g/mol. The molecule has 7 aromatic carbocycles. The molecule has 3 aliphatic carbocycles. The van der Waals surface area contributed by atoms with Crippen LogP contribution >= 0.6 is 0 Å². The van der Waals surface area contributed by atoms with Crippen LogP contribution in [0.5, 0.6) is 0 Å². The van der Waals surface area contributed by atoms with Crippen LogP contribution in [0.1, 0.15) is 33.4 Å². The van der Waals surface area contributed by atoms with Gasteiger partial charge in [-0.1, -0.05) is 146 Å². The van der Waals surface area contributed by atoms with Crippen LogP contribution in [0.4, 0.5) is 22.7 Å². The molecule has 0 amide bonds. The first kappa shape index (κ1) is 26.5. The second-order valence-electron chi connectivity index (χ2n) is 12.1. The first-order valence-corrected chi connectivity index (χ1v) is 16.0. The van der Waals surface area contributed by atoms with Gasteiger partial charge in [-0.25, -0.2) is 0 Å². The van der Waals surface area contributed by atoms with E-state index in [0.29, 0.717) is 0 Å². The maximum Gasteiger partial charge on any atom is 0.122 e. The van der Waals surface area contributed by atoms with Crippen molar-refractivity contribution in [3.05, 3.63) is 228 Å². The van der Waals surface area contributed by atoms with Gasteiger partial charge >= 0.3 is 0 Å². The molecule has 0 saturated carbocycles. The Bertz CT molecular complexity index is 1800. The molecule has 0 spiro atoms. The van der Waals surface area contributed by atoms with Gasteiger partial charge in [0, 0.05) is 22.7 Å². The van der Waals surface area contributed by atoms with E-state index in [1.165, 1.54) is 33.4 Å². The van der Waals surface area contributed by atoms with E-state index in [1.807, 2.05) is 0 Å². The van der Waals surface area contributed by atoms with Crippen LogP contribution in [-0.2, 0) is 11.1 Å². The van der Waals surface area contributed by atoms with Gasteiger partial charge in [0.25, 0.3) is 0 Å². The number of para-hydroxylation sites is 4. The van der Waals surface area contributed by atoms with Gasteiger partial charge in [0.15, 0.2) is 0 Å². The Morgan fingerprint density at radius 2 is 0.391 bits per heavy atom. The maximum atomic E-state index is 2.57. The Kier molecular flexibility index (Phi) is 5.97. The molecule has 0 fully saturated rings. The minimum atomic E-state index is -0.632. The smallest absolute Gasteiger partial charge is 0.122 e. The summed E-state index contributed by atoms with van der Waals surface area (Å²) in [7, 11) is 0. The highest BCUT2D eigenvalue weighted by Crippen LogP contribution is 2.66. The fourth-order valence-corrected chi connectivity index (χ4v) is 8.32. The summed E-state index contributed by atoms with van der Waals surface area (Å²) in [5, 5.41) is 0. The van der Waals surface area contributed by atoms with Crippen molar-refractivity contribution >= 4 is 22.7 Å². The van der Waals surface area contributed by atoms with E-state index < -0.39 is 11.1 Å². The Morgan fingerprint density at radius 3 is 0.587 bits per heavy atom. The molecule has 2 heteroatoms. The van der Waals surface area contributed by atoms with E-state index in [-0.39, 0.29) is 0 Å². The maximum absolute atomic E-state index is 2.57. The Labute approximate surface area is 270 Å². The molecule has 0 radical (unpaired) electrons. The summed E-state index contributed by atoms with van der Waals surface area (Å²) in [5.74, 6) is 0. The molecule has 0 atom stereocenters. The lowest BCUT2D eigenvalue weighted by atomic mass is 9.52. The van der Waals surface area contributed by atoms with E-state index in [0.717, 1.165) is 22.7 Å². The lowest BCUT2D eigenvalue weighted by Gasteiger charge is -2.62. The van der Waals surface area contributed by atoms with Crippen molar-refractivity contribution in [3.8, 4) is 0 Å². The molecule has 0 unspecified atom stereocenters. The van der Waals surface area contributed by atoms with Crippen molar-refractivity contribution in [3.63, 3.8) is 0 Å². The van der Waals surface area contributed by atoms with Crippen LogP contribution in [0, 0.1) is 0 Å². The SMILES string of the molecule is c1ccc(N(c2ccccc2)C23c4ccccc4C(N(c4ccccc4)c4ccccc4)(c4ccccc42)c2ccccc23)cc1. The first-order valence-electron chi connectivity index (χ1n) is 16.0. The van der Waals surface area contributed by atoms with Crippen LogP contribution in [0.15, 0.2) is 194 Å². The molecule has 46 heavy (non-hydrogen) atoms. The Balaban J connectivity index is 1.49. The van der Waals surface area contributed by atoms with Crippen molar-refractivity contribution in [2.24, 2.45) is 0 Å². The van der Waals surface area contributed by atoms with Crippen LogP contribution in [0.25, 0.3) is 0 Å². The Morgan fingerprint density at radius 1 is 0.217 bits per heavy atom. The second kappa shape index (κ2) is 10.4. The molecule has 2 bridgehead atoms. The largest absolute Gasteiger partial charge is 0.323 e. The van der Waals surface area contributed by atoms with Crippen LogP contribution in [0.2, 0.25) is 0 Å². The molecular weight excluding hydrogens is 556 g/mol. The summed E-state index contributed by atoms with van der Waals surface area (Å²) >= 11 is 0. The van der Waals surface area contributed by atoms with E-state index in [1.54, 1.807) is 0 Å². The molecule has 0 N–H and O–H groups in total. The van der Waals surface area contributed by atoms with Crippen LogP contribution < -0.4 is 9.80 Å². The molecule has 0 saturated heterocycles. The number of benzene rings is 7. The highest BCUT2D eigenvalue weighted by molar-refractivity contribution is 5.87. The third kappa shape index (κ3) is 3.47. The summed E-state index contributed by atoms with van der Waals surface area (Å²) < 4.78 is 0. The minimum Gasteiger partial charge on any atom is -0.323 e. The molecule has 0 aromatic heterocycles. The number of rotatable bonds is 6. The molecule has 2 nitrogen and oxygen atoms in total. The third-order valence-electron chi connectivity index (χ3n) is 9.85. The van der Waals surface area contributed by atoms with Crippen molar-refractivity contribution in [2.75, 3.05) is 9.80 Å². The molecule has 0 aliphatic heterocycles. The summed E-state index contributed by atoms with van der Waals surface area (Å²) in [6, 6.07) is 71.0. The molecule has 3 aliphatic rings. The van der Waals surface area contributed by atoms with Gasteiger partial charge in [0.2, 0.25) is 0 Å². The van der Waals surface area contributed by atoms with Crippen LogP contribution in [-0.4, -0.2) is 0 Å². The lowest BCUT2D eigenvalue weighted by Crippen LogP contribution is -2.62. The topological polar surface area (TPSA) is 6.48 Å². The predicted octanol–water partition coefficient (Wildman–Crippen LogP) is 10.6. The molecule has 7 aromatic rings. The first-order chi connectivity index (χ1) is 22.9. The highest BCUT2D eigenvalue weighted by atomic mass is 15.3. The molecular formula is C44H32N2. The zero-order chi connectivity index (χ0) is 30.6. The normalized spacial score (nSPS) is 18.6.